The Morgan fingerprint density at radius 2 is 0.759 bits per heavy atom. The van der Waals surface area contributed by atoms with Crippen molar-refractivity contribution >= 4 is 104 Å². The molecule has 0 bridgehead atoms. The number of nitrogens with one attached hydrogen (secondary N) is 4. The number of benzene rings is 4. The minimum atomic E-state index is -4.28. The van der Waals surface area contributed by atoms with E-state index in [-0.39, 0.29) is 113 Å². The molecule has 4 aliphatic rings. The molecule has 4 aliphatic heterocycles. The fourth-order valence-electron chi connectivity index (χ4n) is 18.9. The Labute approximate surface area is 843 Å². The number of hydrogen-bond acceptors (Lipinski definition) is 33. The molecule has 1 unspecified atom stereocenters. The van der Waals surface area contributed by atoms with Crippen molar-refractivity contribution in [1.82, 2.24) is 58.8 Å². The number of carbonyl (C=O) groups excluding carboxylic acids is 4. The van der Waals surface area contributed by atoms with Crippen LogP contribution in [0.2, 0.25) is 0 Å². The standard InChI is InChI=1S/C26H29FN4O4S.2C26H31N5O5S.C25H29N5O4S/c1-18-16-26(2,3)31(17-18)24-21(6-5-14-28-24)25(32)30-36(33,34)23-8-4-7-22(29-23)35-15-13-19-9-11-20(27)12-10-19;1-16-14-26(2,3)31(15-16)24-19(25(32)30-37(33,34)22-7-6-12-28-23(22)27)10-11-20(29-24)18-9-8-17(35-4)13-21(18)36-5;1-16-13-26(2,3)31(14-16)24-20(25(33)30-37(34,35)22-6-5-11-28-23(22)27)9-10-21(29-24)19-8-7-18(36-4)12-17(19)15-32;1-16-13-25(2,3)30(14-16)23-19(10-11-20(28-23)18-8-5-4-7-17(18)15-31)24(32)29-35(33,34)21-9-6-12-27-22(21)26/h4-12,14,18H,13,15-17H2,1-3H3,(H,30,32);6-13,16H,14-15H2,1-5H3,(H2,27,28)(H,30,32);5-12,16,32H,13-15H2,1-4H3,(H2,27,28)(H,30,33);4-12,16,31H,13-15H2,1-3H3,(H2,26,27)(H,29,32)/t;3*16-/m.000/s1. The fourth-order valence-corrected chi connectivity index (χ4v) is 23.0. The molecule has 4 amide bonds. The maximum Gasteiger partial charge on any atom is 0.281 e. The van der Waals surface area contributed by atoms with Crippen molar-refractivity contribution in [2.24, 2.45) is 23.7 Å². The first kappa shape index (κ1) is 108. The lowest BCUT2D eigenvalue weighted by Gasteiger charge is -2.34. The molecule has 4 saturated heterocycles. The van der Waals surface area contributed by atoms with E-state index >= 15 is 0 Å². The number of halogens is 1. The summed E-state index contributed by atoms with van der Waals surface area (Å²) in [6, 6.07) is 49.4. The number of aliphatic hydroxyl groups is 2. The van der Waals surface area contributed by atoms with Crippen molar-refractivity contribution < 1.29 is 86.4 Å². The molecule has 0 saturated carbocycles. The first-order valence-electron chi connectivity index (χ1n) is 46.5. The maximum atomic E-state index is 13.4. The summed E-state index contributed by atoms with van der Waals surface area (Å²) < 4.78 is 147. The van der Waals surface area contributed by atoms with Crippen LogP contribution in [0.1, 0.15) is 167 Å². The topological polar surface area (TPSA) is 524 Å². The van der Waals surface area contributed by atoms with Gasteiger partial charge in [-0.1, -0.05) is 70.2 Å². The Balaban J connectivity index is 0.000000162. The van der Waals surface area contributed by atoms with Crippen LogP contribution in [0.25, 0.3) is 33.8 Å². The number of nitrogen functional groups attached to an aromatic ring is 3. The van der Waals surface area contributed by atoms with Crippen LogP contribution in [-0.4, -0.2) is 184 Å². The van der Waals surface area contributed by atoms with E-state index in [4.69, 9.17) is 51.1 Å². The zero-order valence-electron chi connectivity index (χ0n) is 83.0. The molecule has 12 aromatic rings. The number of anilines is 7. The van der Waals surface area contributed by atoms with Crippen LogP contribution in [0, 0.1) is 29.5 Å². The minimum absolute atomic E-state index is 0.0994. The van der Waals surface area contributed by atoms with Gasteiger partial charge in [-0.2, -0.15) is 13.4 Å². The number of sulfonamides is 4. The summed E-state index contributed by atoms with van der Waals surface area (Å²) in [5.74, 6) is 0.768. The van der Waals surface area contributed by atoms with Crippen molar-refractivity contribution in [2.75, 3.05) is 90.9 Å². The second-order valence-corrected chi connectivity index (χ2v) is 45.1. The number of rotatable bonds is 28. The average Bonchev–Trinajstić information content (AvgIpc) is 1.66. The molecule has 4 fully saturated rings. The number of aliphatic hydroxyl groups excluding tert-OH is 2. The summed E-state index contributed by atoms with van der Waals surface area (Å²) in [6.07, 6.45) is 9.77. The van der Waals surface area contributed by atoms with Gasteiger partial charge < -0.3 is 66.0 Å². The zero-order valence-corrected chi connectivity index (χ0v) is 86.3. The third-order valence-corrected chi connectivity index (χ3v) is 30.7. The molecular formula is C103H120FN19O18S4. The smallest absolute Gasteiger partial charge is 0.281 e. The Morgan fingerprint density at radius 3 is 1.15 bits per heavy atom. The van der Waals surface area contributed by atoms with Gasteiger partial charge in [0.25, 0.3) is 63.7 Å². The fraction of sp³-hybridized carbons (Fsp3) is 0.340. The van der Waals surface area contributed by atoms with Gasteiger partial charge in [-0.25, -0.2) is 83.4 Å². The van der Waals surface area contributed by atoms with Gasteiger partial charge in [0.05, 0.1) is 80.5 Å². The van der Waals surface area contributed by atoms with Gasteiger partial charge in [-0.15, -0.1) is 0 Å². The largest absolute Gasteiger partial charge is 0.497 e. The predicted molar refractivity (Wildman–Crippen MR) is 550 cm³/mol. The molecule has 12 N–H and O–H groups in total. The second-order valence-electron chi connectivity index (χ2n) is 38.5. The van der Waals surface area contributed by atoms with Gasteiger partial charge in [0, 0.05) is 108 Å². The number of carbonyl (C=O) groups is 4. The van der Waals surface area contributed by atoms with Gasteiger partial charge in [-0.3, -0.25) is 19.2 Å². The first-order valence-corrected chi connectivity index (χ1v) is 52.5. The molecule has 766 valence electrons. The lowest BCUT2D eigenvalue weighted by molar-refractivity contribution is 0.0972. The number of nitrogens with two attached hydrogens (primary N) is 3. The maximum absolute atomic E-state index is 13.4. The average molecular weight is 2060 g/mol. The number of pyridine rings is 8. The molecule has 0 aliphatic carbocycles. The van der Waals surface area contributed by atoms with Crippen molar-refractivity contribution in [2.45, 2.75) is 170 Å². The summed E-state index contributed by atoms with van der Waals surface area (Å²) in [5.41, 5.74) is 22.6. The Bertz CT molecular complexity index is 7100. The third-order valence-electron chi connectivity index (χ3n) is 25.3. The van der Waals surface area contributed by atoms with Gasteiger partial charge in [0.15, 0.2) is 5.03 Å². The van der Waals surface area contributed by atoms with Crippen molar-refractivity contribution in [3.63, 3.8) is 0 Å². The third kappa shape index (κ3) is 25.1. The van der Waals surface area contributed by atoms with Crippen molar-refractivity contribution in [3.05, 3.63) is 258 Å². The molecular weight excluding hydrogens is 1940 g/mol. The van der Waals surface area contributed by atoms with E-state index in [2.05, 4.69) is 132 Å². The highest BCUT2D eigenvalue weighted by molar-refractivity contribution is 7.91. The van der Waals surface area contributed by atoms with E-state index < -0.39 is 63.7 Å². The Hall–Kier alpha value is -14.6. The number of hydrogen-bond donors (Lipinski definition) is 9. The SMILES string of the molecule is CC1CN(c2ncccc2C(=O)NS(=O)(=O)c2cccc(OCCc3ccc(F)cc3)n2)C(C)(C)C1.COc1ccc(-c2ccc(C(=O)NS(=O)(=O)c3cccnc3N)c(N3C[C@@H](C)CC3(C)C)n2)c(CO)c1.COc1ccc(-c2ccc(C(=O)NS(=O)(=O)c3cccnc3N)c(N3C[C@@H](C)CC3(C)C)n2)c(OC)c1.C[C@@H]1CN(c2nc(-c3ccccc3CO)ccc2C(=O)NS(=O)(=O)c2cccnc2N)C(C)(C)C1. The van der Waals surface area contributed by atoms with E-state index in [9.17, 15) is 67.5 Å². The minimum Gasteiger partial charge on any atom is -0.497 e. The Morgan fingerprint density at radius 1 is 0.393 bits per heavy atom. The molecule has 37 nitrogen and oxygen atoms in total. The summed E-state index contributed by atoms with van der Waals surface area (Å²) in [5, 5.41) is 19.4. The molecule has 145 heavy (non-hydrogen) atoms. The molecule has 8 aromatic heterocycles. The zero-order chi connectivity index (χ0) is 105. The van der Waals surface area contributed by atoms with E-state index in [1.54, 1.807) is 119 Å². The van der Waals surface area contributed by atoms with Crippen molar-refractivity contribution in [3.8, 4) is 56.9 Å². The van der Waals surface area contributed by atoms with E-state index in [0.717, 1.165) is 43.4 Å². The molecule has 0 radical (unpaired) electrons. The van der Waals surface area contributed by atoms with Gasteiger partial charge in [0.2, 0.25) is 5.88 Å². The highest BCUT2D eigenvalue weighted by Crippen LogP contribution is 2.45. The van der Waals surface area contributed by atoms with Crippen LogP contribution in [0.4, 0.5) is 45.1 Å². The summed E-state index contributed by atoms with van der Waals surface area (Å²) in [7, 11) is -12.4. The lowest BCUT2D eigenvalue weighted by atomic mass is 9.97. The molecule has 12 heterocycles. The van der Waals surface area contributed by atoms with Crippen LogP contribution >= 0.6 is 0 Å². The molecule has 0 spiro atoms. The van der Waals surface area contributed by atoms with Crippen LogP contribution in [0.15, 0.2) is 233 Å². The second kappa shape index (κ2) is 44.3. The normalized spacial score (nSPS) is 17.1. The molecule has 16 rings (SSSR count). The van der Waals surface area contributed by atoms with Crippen LogP contribution in [0.5, 0.6) is 23.1 Å². The highest BCUT2D eigenvalue weighted by atomic mass is 32.2. The number of amides is 4. The predicted octanol–water partition coefficient (Wildman–Crippen LogP) is 13.4. The molecule has 4 aromatic carbocycles. The monoisotopic (exact) mass is 2060 g/mol. The van der Waals surface area contributed by atoms with E-state index in [0.29, 0.717) is 130 Å². The highest BCUT2D eigenvalue weighted by Gasteiger charge is 2.45. The summed E-state index contributed by atoms with van der Waals surface area (Å²) in [6.45, 7) is 27.6. The number of nitrogens with zero attached hydrogens (tertiary/aromatic N) is 12. The quantitative estimate of drug-likeness (QED) is 0.0220. The Kier molecular flexibility index (Phi) is 32.9. The number of aromatic nitrogens is 8. The molecule has 4 atom stereocenters. The number of ether oxygens (including phenoxy) is 4. The summed E-state index contributed by atoms with van der Waals surface area (Å²) >= 11 is 0. The van der Waals surface area contributed by atoms with E-state index in [1.807, 2.05) is 45.0 Å². The van der Waals surface area contributed by atoms with Gasteiger partial charge in [0.1, 0.15) is 78.5 Å². The van der Waals surface area contributed by atoms with E-state index in [1.165, 1.54) is 85.3 Å². The van der Waals surface area contributed by atoms with Crippen LogP contribution in [-0.2, 0) is 59.7 Å². The first-order chi connectivity index (χ1) is 68.5. The molecule has 42 heteroatoms. The van der Waals surface area contributed by atoms with Crippen LogP contribution < -0.4 is 74.6 Å². The lowest BCUT2D eigenvalue weighted by Crippen LogP contribution is -2.41. The van der Waals surface area contributed by atoms with Gasteiger partial charge in [-0.05, 0) is 255 Å². The van der Waals surface area contributed by atoms with Crippen LogP contribution in [0.3, 0.4) is 0 Å². The van der Waals surface area contributed by atoms with Gasteiger partial charge >= 0.3 is 0 Å². The summed E-state index contributed by atoms with van der Waals surface area (Å²) in [4.78, 5) is 95.0. The number of methoxy groups -OCH3 is 3. The van der Waals surface area contributed by atoms with Crippen molar-refractivity contribution in [1.29, 1.82) is 0 Å².